The van der Waals surface area contributed by atoms with Gasteiger partial charge < -0.3 is 4.74 Å². The first-order valence-corrected chi connectivity index (χ1v) is 6.13. The van der Waals surface area contributed by atoms with Gasteiger partial charge in [0.05, 0.1) is 12.7 Å². The Kier molecular flexibility index (Phi) is 4.00. The third-order valence-electron chi connectivity index (χ3n) is 3.24. The van der Waals surface area contributed by atoms with E-state index < -0.39 is 0 Å². The minimum absolute atomic E-state index is 0.606. The van der Waals surface area contributed by atoms with Crippen LogP contribution in [0.5, 0.6) is 5.75 Å². The molecule has 0 radical (unpaired) electrons. The first-order chi connectivity index (χ1) is 8.33. The van der Waals surface area contributed by atoms with Crippen LogP contribution in [0.15, 0.2) is 18.2 Å². The van der Waals surface area contributed by atoms with E-state index in [2.05, 4.69) is 11.0 Å². The van der Waals surface area contributed by atoms with E-state index in [-0.39, 0.29) is 0 Å². The predicted molar refractivity (Wildman–Crippen MR) is 66.8 cm³/mol. The van der Waals surface area contributed by atoms with Gasteiger partial charge in [-0.25, -0.2) is 0 Å². The number of hydrogen-bond acceptors (Lipinski definition) is 3. The highest BCUT2D eigenvalue weighted by atomic mass is 16.5. The number of ether oxygens (including phenoxy) is 1. The van der Waals surface area contributed by atoms with Gasteiger partial charge in [-0.2, -0.15) is 5.26 Å². The molecule has 3 heteroatoms. The molecule has 1 aliphatic rings. The Balaban J connectivity index is 2.08. The molecule has 0 aromatic heterocycles. The van der Waals surface area contributed by atoms with Crippen molar-refractivity contribution in [2.24, 2.45) is 0 Å². The van der Waals surface area contributed by atoms with Gasteiger partial charge >= 0.3 is 0 Å². The molecule has 0 saturated carbocycles. The molecular formula is C14H18N2O. The molecule has 2 rings (SSSR count). The maximum atomic E-state index is 8.92. The van der Waals surface area contributed by atoms with Gasteiger partial charge in [0.25, 0.3) is 0 Å². The fourth-order valence-corrected chi connectivity index (χ4v) is 2.30. The molecule has 1 aromatic carbocycles. The second-order valence-electron chi connectivity index (χ2n) is 4.48. The highest BCUT2D eigenvalue weighted by molar-refractivity contribution is 5.45. The third kappa shape index (κ3) is 2.98. The maximum Gasteiger partial charge on any atom is 0.136 e. The first-order valence-electron chi connectivity index (χ1n) is 6.13. The minimum Gasteiger partial charge on any atom is -0.495 e. The number of hydrogen-bond donors (Lipinski definition) is 0. The summed E-state index contributed by atoms with van der Waals surface area (Å²) < 4.78 is 5.23. The second kappa shape index (κ2) is 5.70. The van der Waals surface area contributed by atoms with Gasteiger partial charge in [-0.05, 0) is 43.6 Å². The number of nitriles is 1. The highest BCUT2D eigenvalue weighted by Gasteiger charge is 2.11. The zero-order valence-electron chi connectivity index (χ0n) is 10.3. The van der Waals surface area contributed by atoms with Crippen molar-refractivity contribution in [2.45, 2.75) is 25.8 Å². The summed E-state index contributed by atoms with van der Waals surface area (Å²) in [6.45, 7) is 3.33. The molecule has 0 N–H and O–H groups in total. The summed E-state index contributed by atoms with van der Waals surface area (Å²) in [6, 6.07) is 7.99. The molecule has 17 heavy (non-hydrogen) atoms. The molecule has 0 bridgehead atoms. The minimum atomic E-state index is 0.606. The Labute approximate surface area is 103 Å². The van der Waals surface area contributed by atoms with Crippen molar-refractivity contribution in [1.29, 1.82) is 5.26 Å². The van der Waals surface area contributed by atoms with Crippen LogP contribution in [0.1, 0.15) is 30.4 Å². The normalized spacial score (nSPS) is 16.5. The number of benzene rings is 1. The number of likely N-dealkylation sites (tertiary alicyclic amines) is 1. The van der Waals surface area contributed by atoms with Crippen LogP contribution < -0.4 is 4.74 Å². The van der Waals surface area contributed by atoms with Crippen LogP contribution in [0.4, 0.5) is 0 Å². The zero-order chi connectivity index (χ0) is 12.1. The summed E-state index contributed by atoms with van der Waals surface area (Å²) in [4.78, 5) is 2.46. The van der Waals surface area contributed by atoms with E-state index in [1.807, 2.05) is 18.2 Å². The summed E-state index contributed by atoms with van der Waals surface area (Å²) in [5, 5.41) is 8.92. The summed E-state index contributed by atoms with van der Waals surface area (Å²) in [7, 11) is 1.61. The van der Waals surface area contributed by atoms with E-state index in [1.165, 1.54) is 37.9 Å². The number of methoxy groups -OCH3 is 1. The maximum absolute atomic E-state index is 8.92. The highest BCUT2D eigenvalue weighted by Crippen LogP contribution is 2.21. The third-order valence-corrected chi connectivity index (χ3v) is 3.24. The molecule has 3 nitrogen and oxygen atoms in total. The van der Waals surface area contributed by atoms with Crippen molar-refractivity contribution in [3.8, 4) is 11.8 Å². The van der Waals surface area contributed by atoms with Crippen molar-refractivity contribution in [3.05, 3.63) is 29.3 Å². The average Bonchev–Trinajstić information content (AvgIpc) is 2.40. The molecule has 1 heterocycles. The predicted octanol–water partition coefficient (Wildman–Crippen LogP) is 2.55. The Morgan fingerprint density at radius 2 is 2.06 bits per heavy atom. The van der Waals surface area contributed by atoms with Gasteiger partial charge in [-0.1, -0.05) is 12.5 Å². The van der Waals surface area contributed by atoms with Crippen LogP contribution in [0, 0.1) is 11.3 Å². The summed E-state index contributed by atoms with van der Waals surface area (Å²) >= 11 is 0. The van der Waals surface area contributed by atoms with Crippen molar-refractivity contribution in [1.82, 2.24) is 4.90 Å². The lowest BCUT2D eigenvalue weighted by atomic mass is 10.1. The lowest BCUT2D eigenvalue weighted by molar-refractivity contribution is 0.220. The van der Waals surface area contributed by atoms with E-state index in [0.29, 0.717) is 11.3 Å². The molecular weight excluding hydrogens is 212 g/mol. The Morgan fingerprint density at radius 3 is 2.71 bits per heavy atom. The molecule has 0 spiro atoms. The lowest BCUT2D eigenvalue weighted by Crippen LogP contribution is -2.29. The van der Waals surface area contributed by atoms with Crippen molar-refractivity contribution >= 4 is 0 Å². The standard InChI is InChI=1S/C14H18N2O/c1-17-14-9-12(5-6-13(14)10-15)11-16-7-3-2-4-8-16/h5-6,9H,2-4,7-8,11H2,1H3. The van der Waals surface area contributed by atoms with E-state index in [0.717, 1.165) is 6.54 Å². The molecule has 0 atom stereocenters. The zero-order valence-corrected chi connectivity index (χ0v) is 10.3. The fourth-order valence-electron chi connectivity index (χ4n) is 2.30. The van der Waals surface area contributed by atoms with Gasteiger partial charge in [-0.3, -0.25) is 4.90 Å². The van der Waals surface area contributed by atoms with Gasteiger partial charge in [0, 0.05) is 6.54 Å². The van der Waals surface area contributed by atoms with Gasteiger partial charge in [0.15, 0.2) is 0 Å². The molecule has 0 unspecified atom stereocenters. The smallest absolute Gasteiger partial charge is 0.136 e. The number of nitrogens with zero attached hydrogens (tertiary/aromatic N) is 2. The Bertz CT molecular complexity index is 417. The summed E-state index contributed by atoms with van der Waals surface area (Å²) in [6.07, 6.45) is 3.95. The summed E-state index contributed by atoms with van der Waals surface area (Å²) in [5.41, 5.74) is 1.83. The van der Waals surface area contributed by atoms with Gasteiger partial charge in [0.1, 0.15) is 11.8 Å². The molecule has 1 fully saturated rings. The van der Waals surface area contributed by atoms with Gasteiger partial charge in [0.2, 0.25) is 0 Å². The van der Waals surface area contributed by atoms with Crippen LogP contribution in [-0.4, -0.2) is 25.1 Å². The SMILES string of the molecule is COc1cc(CN2CCCCC2)ccc1C#N. The lowest BCUT2D eigenvalue weighted by Gasteiger charge is -2.26. The van der Waals surface area contributed by atoms with Gasteiger partial charge in [-0.15, -0.1) is 0 Å². The Hall–Kier alpha value is -1.53. The van der Waals surface area contributed by atoms with E-state index in [4.69, 9.17) is 10.00 Å². The topological polar surface area (TPSA) is 36.3 Å². The Morgan fingerprint density at radius 1 is 1.29 bits per heavy atom. The monoisotopic (exact) mass is 230 g/mol. The van der Waals surface area contributed by atoms with E-state index >= 15 is 0 Å². The second-order valence-corrected chi connectivity index (χ2v) is 4.48. The number of piperidine rings is 1. The van der Waals surface area contributed by atoms with Crippen molar-refractivity contribution in [3.63, 3.8) is 0 Å². The van der Waals surface area contributed by atoms with Crippen LogP contribution in [0.25, 0.3) is 0 Å². The summed E-state index contributed by atoms with van der Waals surface area (Å²) in [5.74, 6) is 0.682. The molecule has 1 aromatic rings. The van der Waals surface area contributed by atoms with E-state index in [9.17, 15) is 0 Å². The fraction of sp³-hybridized carbons (Fsp3) is 0.500. The van der Waals surface area contributed by atoms with Crippen LogP contribution in [-0.2, 0) is 6.54 Å². The largest absolute Gasteiger partial charge is 0.495 e. The van der Waals surface area contributed by atoms with Crippen LogP contribution in [0.3, 0.4) is 0 Å². The number of rotatable bonds is 3. The molecule has 90 valence electrons. The van der Waals surface area contributed by atoms with E-state index in [1.54, 1.807) is 7.11 Å². The quantitative estimate of drug-likeness (QED) is 0.800. The molecule has 0 aliphatic carbocycles. The average molecular weight is 230 g/mol. The van der Waals surface area contributed by atoms with Crippen LogP contribution >= 0.6 is 0 Å². The van der Waals surface area contributed by atoms with Crippen LogP contribution in [0.2, 0.25) is 0 Å². The van der Waals surface area contributed by atoms with Crippen molar-refractivity contribution < 1.29 is 4.74 Å². The molecule has 1 saturated heterocycles. The van der Waals surface area contributed by atoms with Crippen molar-refractivity contribution in [2.75, 3.05) is 20.2 Å². The first kappa shape index (κ1) is 11.9. The molecule has 0 amide bonds. The molecule has 1 aliphatic heterocycles.